The first-order valence-electron chi connectivity index (χ1n) is 5.70. The van der Waals surface area contributed by atoms with Crippen LogP contribution in [0.15, 0.2) is 53.5 Å². The van der Waals surface area contributed by atoms with Crippen LogP contribution in [0.25, 0.3) is 0 Å². The number of hydrogen-bond donors (Lipinski definition) is 1. The molecule has 18 heavy (non-hydrogen) atoms. The van der Waals surface area contributed by atoms with E-state index in [1.807, 2.05) is 37.3 Å². The Hall–Kier alpha value is -1.80. The lowest BCUT2D eigenvalue weighted by atomic mass is 10.1. The molecule has 3 heteroatoms. The van der Waals surface area contributed by atoms with Gasteiger partial charge in [-0.3, -0.25) is 4.99 Å². The molecule has 2 aromatic rings. The van der Waals surface area contributed by atoms with E-state index >= 15 is 0 Å². The largest absolute Gasteiger partial charge is 0.507 e. The first kappa shape index (κ1) is 12.7. The second-order valence-corrected chi connectivity index (χ2v) is 4.49. The molecule has 0 amide bonds. The van der Waals surface area contributed by atoms with Crippen LogP contribution < -0.4 is 0 Å². The molecule has 2 nitrogen and oxygen atoms in total. The molecule has 0 aliphatic heterocycles. The summed E-state index contributed by atoms with van der Waals surface area (Å²) in [5, 5.41) is 10.4. The fourth-order valence-corrected chi connectivity index (χ4v) is 1.85. The number of aliphatic imine (C=N–C) groups is 1. The second-order valence-electron chi connectivity index (χ2n) is 4.05. The lowest BCUT2D eigenvalue weighted by Gasteiger charge is -2.05. The molecule has 2 rings (SSSR count). The van der Waals surface area contributed by atoms with Gasteiger partial charge in [0.05, 0.1) is 6.54 Å². The maximum absolute atomic E-state index is 9.76. The van der Waals surface area contributed by atoms with E-state index in [1.165, 1.54) is 0 Å². The molecule has 0 unspecified atom stereocenters. The van der Waals surface area contributed by atoms with E-state index < -0.39 is 0 Å². The highest BCUT2D eigenvalue weighted by atomic mass is 35.5. The first-order valence-corrected chi connectivity index (χ1v) is 6.08. The molecule has 2 aromatic carbocycles. The first-order chi connectivity index (χ1) is 8.66. The number of nitrogens with zero attached hydrogens (tertiary/aromatic N) is 1. The van der Waals surface area contributed by atoms with Gasteiger partial charge in [0.1, 0.15) is 5.75 Å². The van der Waals surface area contributed by atoms with Crippen molar-refractivity contribution < 1.29 is 5.11 Å². The Morgan fingerprint density at radius 3 is 2.61 bits per heavy atom. The number of rotatable bonds is 3. The van der Waals surface area contributed by atoms with Crippen LogP contribution in [-0.4, -0.2) is 10.8 Å². The summed E-state index contributed by atoms with van der Waals surface area (Å²) in [6.45, 7) is 2.47. The predicted octanol–water partition coefficient (Wildman–Crippen LogP) is 4.05. The number of benzene rings is 2. The Bertz CT molecular complexity index is 564. The van der Waals surface area contributed by atoms with E-state index in [2.05, 4.69) is 4.99 Å². The van der Waals surface area contributed by atoms with Crippen LogP contribution in [0.3, 0.4) is 0 Å². The van der Waals surface area contributed by atoms with Gasteiger partial charge < -0.3 is 5.11 Å². The molecule has 0 radical (unpaired) electrons. The minimum absolute atomic E-state index is 0.203. The highest BCUT2D eigenvalue weighted by Gasteiger charge is 2.05. The molecule has 0 atom stereocenters. The fourth-order valence-electron chi connectivity index (χ4n) is 1.68. The summed E-state index contributed by atoms with van der Waals surface area (Å²) in [5.41, 5.74) is 2.59. The zero-order chi connectivity index (χ0) is 13.0. The molecule has 0 saturated heterocycles. The van der Waals surface area contributed by atoms with E-state index in [4.69, 9.17) is 11.6 Å². The standard InChI is InChI=1S/C15H14ClNO/c1-11(14-9-13(16)7-8-15(14)18)17-10-12-5-3-2-4-6-12/h2-9,18H,10H2,1H3. The van der Waals surface area contributed by atoms with Gasteiger partial charge >= 0.3 is 0 Å². The van der Waals surface area contributed by atoms with Crippen molar-refractivity contribution >= 4 is 17.3 Å². The van der Waals surface area contributed by atoms with E-state index in [9.17, 15) is 5.11 Å². The second kappa shape index (κ2) is 5.69. The Kier molecular flexibility index (Phi) is 4.00. The molecule has 0 aromatic heterocycles. The molecule has 0 heterocycles. The van der Waals surface area contributed by atoms with Gasteiger partial charge in [-0.2, -0.15) is 0 Å². The third kappa shape index (κ3) is 3.11. The van der Waals surface area contributed by atoms with Crippen LogP contribution >= 0.6 is 11.6 Å². The Morgan fingerprint density at radius 1 is 1.17 bits per heavy atom. The number of phenols is 1. The van der Waals surface area contributed by atoms with E-state index in [0.717, 1.165) is 11.3 Å². The predicted molar refractivity (Wildman–Crippen MR) is 75.5 cm³/mol. The smallest absolute Gasteiger partial charge is 0.124 e. The maximum Gasteiger partial charge on any atom is 0.124 e. The summed E-state index contributed by atoms with van der Waals surface area (Å²) in [5.74, 6) is 0.203. The molecular weight excluding hydrogens is 246 g/mol. The maximum atomic E-state index is 9.76. The van der Waals surface area contributed by atoms with Crippen LogP contribution in [0.5, 0.6) is 5.75 Å². The SMILES string of the molecule is CC(=NCc1ccccc1)c1cc(Cl)ccc1O. The molecule has 0 aliphatic rings. The van der Waals surface area contributed by atoms with Crippen LogP contribution in [0, 0.1) is 0 Å². The van der Waals surface area contributed by atoms with E-state index in [-0.39, 0.29) is 5.75 Å². The van der Waals surface area contributed by atoms with Crippen LogP contribution in [0.1, 0.15) is 18.1 Å². The van der Waals surface area contributed by atoms with Gasteiger partial charge in [-0.1, -0.05) is 41.9 Å². The van der Waals surface area contributed by atoms with Gasteiger partial charge in [-0.05, 0) is 30.7 Å². The molecule has 0 aliphatic carbocycles. The lowest BCUT2D eigenvalue weighted by Crippen LogP contribution is -1.96. The quantitative estimate of drug-likeness (QED) is 0.829. The molecule has 1 N–H and O–H groups in total. The van der Waals surface area contributed by atoms with Crippen LogP contribution in [0.4, 0.5) is 0 Å². The average Bonchev–Trinajstić information content (AvgIpc) is 2.40. The molecular formula is C15H14ClNO. The zero-order valence-corrected chi connectivity index (χ0v) is 10.9. The lowest BCUT2D eigenvalue weighted by molar-refractivity contribution is 0.474. The van der Waals surface area contributed by atoms with Gasteiger partial charge in [-0.25, -0.2) is 0 Å². The van der Waals surface area contributed by atoms with E-state index in [0.29, 0.717) is 17.1 Å². The molecule has 92 valence electrons. The van der Waals surface area contributed by atoms with Gasteiger partial charge in [0.2, 0.25) is 0 Å². The van der Waals surface area contributed by atoms with Crippen molar-refractivity contribution in [1.29, 1.82) is 0 Å². The van der Waals surface area contributed by atoms with Crippen LogP contribution in [-0.2, 0) is 6.54 Å². The summed E-state index contributed by atoms with van der Waals surface area (Å²) in [4.78, 5) is 4.46. The van der Waals surface area contributed by atoms with Crippen molar-refractivity contribution in [3.8, 4) is 5.75 Å². The van der Waals surface area contributed by atoms with Crippen LogP contribution in [0.2, 0.25) is 5.02 Å². The highest BCUT2D eigenvalue weighted by molar-refractivity contribution is 6.31. The number of phenolic OH excluding ortho intramolecular Hbond substituents is 1. The minimum Gasteiger partial charge on any atom is -0.507 e. The summed E-state index contributed by atoms with van der Waals surface area (Å²) in [6.07, 6.45) is 0. The third-order valence-corrected chi connectivity index (χ3v) is 2.93. The average molecular weight is 260 g/mol. The van der Waals surface area contributed by atoms with Crippen molar-refractivity contribution in [2.24, 2.45) is 4.99 Å². The molecule has 0 spiro atoms. The van der Waals surface area contributed by atoms with Gasteiger partial charge in [0, 0.05) is 16.3 Å². The van der Waals surface area contributed by atoms with Gasteiger partial charge in [0.25, 0.3) is 0 Å². The van der Waals surface area contributed by atoms with Crippen molar-refractivity contribution in [1.82, 2.24) is 0 Å². The highest BCUT2D eigenvalue weighted by Crippen LogP contribution is 2.22. The Balaban J connectivity index is 2.20. The molecule has 0 bridgehead atoms. The Morgan fingerprint density at radius 2 is 1.89 bits per heavy atom. The molecule has 0 saturated carbocycles. The van der Waals surface area contributed by atoms with Crippen molar-refractivity contribution in [2.75, 3.05) is 0 Å². The number of hydrogen-bond acceptors (Lipinski definition) is 2. The number of halogens is 1. The van der Waals surface area contributed by atoms with Crippen molar-refractivity contribution in [3.05, 3.63) is 64.7 Å². The summed E-state index contributed by atoms with van der Waals surface area (Å²) in [6, 6.07) is 14.9. The normalized spacial score (nSPS) is 11.6. The Labute approximate surface area is 112 Å². The number of aromatic hydroxyl groups is 1. The van der Waals surface area contributed by atoms with Crippen molar-refractivity contribution in [2.45, 2.75) is 13.5 Å². The fraction of sp³-hybridized carbons (Fsp3) is 0.133. The topological polar surface area (TPSA) is 32.6 Å². The monoisotopic (exact) mass is 259 g/mol. The third-order valence-electron chi connectivity index (χ3n) is 2.69. The minimum atomic E-state index is 0.203. The zero-order valence-electron chi connectivity index (χ0n) is 10.1. The summed E-state index contributed by atoms with van der Waals surface area (Å²) >= 11 is 5.91. The summed E-state index contributed by atoms with van der Waals surface area (Å²) in [7, 11) is 0. The van der Waals surface area contributed by atoms with Crippen molar-refractivity contribution in [3.63, 3.8) is 0 Å². The van der Waals surface area contributed by atoms with Gasteiger partial charge in [-0.15, -0.1) is 0 Å². The molecule has 0 fully saturated rings. The van der Waals surface area contributed by atoms with Gasteiger partial charge in [0.15, 0.2) is 0 Å². The summed E-state index contributed by atoms with van der Waals surface area (Å²) < 4.78 is 0. The van der Waals surface area contributed by atoms with E-state index in [1.54, 1.807) is 18.2 Å².